The molecule has 22 heavy (non-hydrogen) atoms. The topological polar surface area (TPSA) is 87.0 Å². The van der Waals surface area contributed by atoms with Crippen LogP contribution in [0.5, 0.6) is 5.75 Å². The van der Waals surface area contributed by atoms with Crippen LogP contribution in [0.2, 0.25) is 0 Å². The predicted octanol–water partition coefficient (Wildman–Crippen LogP) is 2.16. The molecule has 2 rings (SSSR count). The molecule has 1 aliphatic rings. The third-order valence-corrected chi connectivity index (χ3v) is 3.90. The van der Waals surface area contributed by atoms with Crippen LogP contribution in [-0.4, -0.2) is 41.1 Å². The number of hydrogen-bond donors (Lipinski definition) is 3. The molecule has 0 spiro atoms. The van der Waals surface area contributed by atoms with Gasteiger partial charge in [-0.1, -0.05) is 0 Å². The summed E-state index contributed by atoms with van der Waals surface area (Å²) in [5, 5.41) is 27.0. The van der Waals surface area contributed by atoms with E-state index in [1.165, 1.54) is 6.07 Å². The van der Waals surface area contributed by atoms with Crippen LogP contribution < -0.4 is 4.74 Å². The summed E-state index contributed by atoms with van der Waals surface area (Å²) in [5.41, 5.74) is 0.391. The number of rotatable bonds is 9. The molecule has 1 fully saturated rings. The fourth-order valence-corrected chi connectivity index (χ4v) is 2.46. The molecule has 6 heteroatoms. The van der Waals surface area contributed by atoms with Crippen LogP contribution in [0.15, 0.2) is 12.1 Å². The highest BCUT2D eigenvalue weighted by atomic mass is 19.1. The van der Waals surface area contributed by atoms with Gasteiger partial charge in [0.15, 0.2) is 0 Å². The Morgan fingerprint density at radius 3 is 2.41 bits per heavy atom. The van der Waals surface area contributed by atoms with E-state index in [4.69, 9.17) is 20.1 Å². The second-order valence-electron chi connectivity index (χ2n) is 5.65. The van der Waals surface area contributed by atoms with Crippen LogP contribution in [0.4, 0.5) is 4.39 Å². The van der Waals surface area contributed by atoms with E-state index in [0.717, 1.165) is 24.5 Å². The first-order valence-corrected chi connectivity index (χ1v) is 7.48. The minimum absolute atomic E-state index is 0.00414. The highest BCUT2D eigenvalue weighted by Crippen LogP contribution is 2.45. The van der Waals surface area contributed by atoms with E-state index in [1.54, 1.807) is 0 Å². The molecule has 1 aliphatic carbocycles. The van der Waals surface area contributed by atoms with Gasteiger partial charge < -0.3 is 20.1 Å². The standard InChI is InChI=1S/C16H21FO5/c17-14-8-15(22-9-10(3-5-18)4-6-19)12(11-1-2-11)7-13(14)16(20)21/h7-8,10-11,18-19H,1-6,9H2,(H,20,21). The summed E-state index contributed by atoms with van der Waals surface area (Å²) in [6, 6.07) is 2.49. The molecule has 0 aromatic heterocycles. The second-order valence-corrected chi connectivity index (χ2v) is 5.65. The molecular formula is C16H21FO5. The van der Waals surface area contributed by atoms with E-state index < -0.39 is 11.8 Å². The van der Waals surface area contributed by atoms with Crippen molar-refractivity contribution in [2.75, 3.05) is 19.8 Å². The maximum atomic E-state index is 13.8. The van der Waals surface area contributed by atoms with Gasteiger partial charge >= 0.3 is 5.97 Å². The number of aliphatic hydroxyl groups excluding tert-OH is 2. The van der Waals surface area contributed by atoms with Crippen molar-refractivity contribution in [2.45, 2.75) is 31.6 Å². The largest absolute Gasteiger partial charge is 0.493 e. The van der Waals surface area contributed by atoms with Crippen molar-refractivity contribution in [3.05, 3.63) is 29.1 Å². The fourth-order valence-electron chi connectivity index (χ4n) is 2.46. The number of aromatic carboxylic acids is 1. The summed E-state index contributed by atoms with van der Waals surface area (Å²) in [5.74, 6) is -1.53. The lowest BCUT2D eigenvalue weighted by Crippen LogP contribution is -2.16. The fraction of sp³-hybridized carbons (Fsp3) is 0.562. The number of carboxylic acid groups (broad SMARTS) is 1. The lowest BCUT2D eigenvalue weighted by atomic mass is 10.0. The number of aliphatic hydroxyl groups is 2. The van der Waals surface area contributed by atoms with Gasteiger partial charge in [0.1, 0.15) is 11.6 Å². The summed E-state index contributed by atoms with van der Waals surface area (Å²) in [6.07, 6.45) is 2.87. The number of ether oxygens (including phenoxy) is 1. The average molecular weight is 312 g/mol. The zero-order valence-corrected chi connectivity index (χ0v) is 12.3. The lowest BCUT2D eigenvalue weighted by molar-refractivity contribution is 0.0691. The van der Waals surface area contributed by atoms with Gasteiger partial charge in [-0.3, -0.25) is 0 Å². The average Bonchev–Trinajstić information content (AvgIpc) is 3.29. The highest BCUT2D eigenvalue weighted by Gasteiger charge is 2.29. The molecule has 0 unspecified atom stereocenters. The zero-order valence-electron chi connectivity index (χ0n) is 12.3. The first kappa shape index (κ1) is 16.7. The first-order chi connectivity index (χ1) is 10.6. The molecule has 0 radical (unpaired) electrons. The molecule has 122 valence electrons. The van der Waals surface area contributed by atoms with Gasteiger partial charge in [-0.15, -0.1) is 0 Å². The molecule has 1 aromatic rings. The molecule has 1 aromatic carbocycles. The Bertz CT molecular complexity index is 522. The van der Waals surface area contributed by atoms with Crippen LogP contribution in [0, 0.1) is 11.7 Å². The molecule has 0 saturated heterocycles. The molecule has 1 saturated carbocycles. The Morgan fingerprint density at radius 2 is 1.91 bits per heavy atom. The van der Waals surface area contributed by atoms with Gasteiger partial charge in [0.05, 0.1) is 12.2 Å². The second kappa shape index (κ2) is 7.56. The summed E-state index contributed by atoms with van der Waals surface area (Å²) >= 11 is 0. The normalized spacial score (nSPS) is 14.4. The number of benzene rings is 1. The van der Waals surface area contributed by atoms with Crippen LogP contribution >= 0.6 is 0 Å². The van der Waals surface area contributed by atoms with Crippen molar-refractivity contribution >= 4 is 5.97 Å². The Labute approximate surface area is 128 Å². The summed E-state index contributed by atoms with van der Waals surface area (Å²) in [4.78, 5) is 11.0. The third-order valence-electron chi connectivity index (χ3n) is 3.90. The minimum atomic E-state index is -1.29. The SMILES string of the molecule is O=C(O)c1cc(C2CC2)c(OCC(CCO)CCO)cc1F. The number of hydrogen-bond acceptors (Lipinski definition) is 4. The maximum Gasteiger partial charge on any atom is 0.338 e. The quantitative estimate of drug-likeness (QED) is 0.650. The smallest absolute Gasteiger partial charge is 0.338 e. The van der Waals surface area contributed by atoms with Crippen LogP contribution in [-0.2, 0) is 0 Å². The van der Waals surface area contributed by atoms with E-state index in [0.29, 0.717) is 18.6 Å². The van der Waals surface area contributed by atoms with Gasteiger partial charge in [0, 0.05) is 19.3 Å². The van der Waals surface area contributed by atoms with Crippen molar-refractivity contribution in [2.24, 2.45) is 5.92 Å². The lowest BCUT2D eigenvalue weighted by Gasteiger charge is -2.18. The third kappa shape index (κ3) is 4.18. The Kier molecular flexibility index (Phi) is 5.74. The predicted molar refractivity (Wildman–Crippen MR) is 77.7 cm³/mol. The number of carboxylic acids is 1. The molecular weight excluding hydrogens is 291 g/mol. The minimum Gasteiger partial charge on any atom is -0.493 e. The van der Waals surface area contributed by atoms with E-state index in [9.17, 15) is 9.18 Å². The zero-order chi connectivity index (χ0) is 16.1. The molecule has 0 atom stereocenters. The van der Waals surface area contributed by atoms with Crippen molar-refractivity contribution < 1.29 is 29.2 Å². The summed E-state index contributed by atoms with van der Waals surface area (Å²) < 4.78 is 19.5. The van der Waals surface area contributed by atoms with Crippen molar-refractivity contribution in [3.8, 4) is 5.75 Å². The van der Waals surface area contributed by atoms with Crippen LogP contribution in [0.1, 0.15) is 47.5 Å². The van der Waals surface area contributed by atoms with E-state index in [1.807, 2.05) is 0 Å². The summed E-state index contributed by atoms with van der Waals surface area (Å²) in [7, 11) is 0. The van der Waals surface area contributed by atoms with Crippen molar-refractivity contribution in [1.82, 2.24) is 0 Å². The van der Waals surface area contributed by atoms with Crippen LogP contribution in [0.3, 0.4) is 0 Å². The molecule has 0 heterocycles. The monoisotopic (exact) mass is 312 g/mol. The van der Waals surface area contributed by atoms with Crippen molar-refractivity contribution in [3.63, 3.8) is 0 Å². The van der Waals surface area contributed by atoms with Gasteiger partial charge in [-0.05, 0) is 49.1 Å². The van der Waals surface area contributed by atoms with Gasteiger partial charge in [0.2, 0.25) is 0 Å². The number of carbonyl (C=O) groups is 1. The van der Waals surface area contributed by atoms with Crippen molar-refractivity contribution in [1.29, 1.82) is 0 Å². The Balaban J connectivity index is 2.15. The summed E-state index contributed by atoms with van der Waals surface area (Å²) in [6.45, 7) is 0.248. The van der Waals surface area contributed by atoms with E-state index >= 15 is 0 Å². The Morgan fingerprint density at radius 1 is 1.27 bits per heavy atom. The molecule has 0 amide bonds. The van der Waals surface area contributed by atoms with Gasteiger partial charge in [0.25, 0.3) is 0 Å². The first-order valence-electron chi connectivity index (χ1n) is 7.48. The van der Waals surface area contributed by atoms with Gasteiger partial charge in [-0.25, -0.2) is 9.18 Å². The van der Waals surface area contributed by atoms with Gasteiger partial charge in [-0.2, -0.15) is 0 Å². The molecule has 0 aliphatic heterocycles. The molecule has 5 nitrogen and oxygen atoms in total. The Hall–Kier alpha value is -1.66. The molecule has 0 bridgehead atoms. The molecule has 3 N–H and O–H groups in total. The van der Waals surface area contributed by atoms with E-state index in [-0.39, 0.29) is 37.2 Å². The van der Waals surface area contributed by atoms with Crippen LogP contribution in [0.25, 0.3) is 0 Å². The van der Waals surface area contributed by atoms with E-state index in [2.05, 4.69) is 0 Å². The number of halogens is 1. The highest BCUT2D eigenvalue weighted by molar-refractivity contribution is 5.88. The maximum absolute atomic E-state index is 13.8.